The number of halogens is 2. The summed E-state index contributed by atoms with van der Waals surface area (Å²) in [6.07, 6.45) is 3.16. The van der Waals surface area contributed by atoms with Crippen molar-refractivity contribution in [2.75, 3.05) is 0 Å². The fourth-order valence-corrected chi connectivity index (χ4v) is 2.36. The monoisotopic (exact) mass is 337 g/mol. The van der Waals surface area contributed by atoms with Gasteiger partial charge in [-0.2, -0.15) is 0 Å². The Balaban J connectivity index is 2.14. The first-order chi connectivity index (χ1) is 10.5. The first kappa shape index (κ1) is 16.3. The van der Waals surface area contributed by atoms with Gasteiger partial charge in [0.05, 0.1) is 0 Å². The molecule has 0 aliphatic heterocycles. The molecule has 7 heteroatoms. The van der Waals surface area contributed by atoms with E-state index in [2.05, 4.69) is 10.3 Å². The molecule has 3 N–H and O–H groups in total. The lowest BCUT2D eigenvalue weighted by Gasteiger charge is -2.16. The number of aromatic nitrogens is 1. The third kappa shape index (κ3) is 4.19. The van der Waals surface area contributed by atoms with Crippen molar-refractivity contribution in [1.29, 1.82) is 0 Å². The number of primary amides is 1. The van der Waals surface area contributed by atoms with E-state index in [1.54, 1.807) is 30.3 Å². The molecule has 0 fully saturated rings. The second-order valence-corrected chi connectivity index (χ2v) is 5.45. The summed E-state index contributed by atoms with van der Waals surface area (Å²) >= 11 is 11.9. The van der Waals surface area contributed by atoms with Crippen LogP contribution in [0.25, 0.3) is 0 Å². The van der Waals surface area contributed by atoms with Crippen molar-refractivity contribution in [2.24, 2.45) is 5.73 Å². The summed E-state index contributed by atoms with van der Waals surface area (Å²) in [6.45, 7) is 0. The summed E-state index contributed by atoms with van der Waals surface area (Å²) in [4.78, 5) is 27.5. The van der Waals surface area contributed by atoms with Crippen molar-refractivity contribution < 1.29 is 9.59 Å². The van der Waals surface area contributed by atoms with Crippen molar-refractivity contribution in [3.05, 3.63) is 63.9 Å². The molecule has 2 rings (SSSR count). The van der Waals surface area contributed by atoms with Crippen molar-refractivity contribution in [3.8, 4) is 0 Å². The molecule has 0 saturated carbocycles. The van der Waals surface area contributed by atoms with Gasteiger partial charge in [0.2, 0.25) is 5.91 Å². The molecule has 0 saturated heterocycles. The fourth-order valence-electron chi connectivity index (χ4n) is 1.87. The van der Waals surface area contributed by atoms with Crippen LogP contribution in [0.2, 0.25) is 10.0 Å². The average Bonchev–Trinajstić information content (AvgIpc) is 2.49. The van der Waals surface area contributed by atoms with E-state index >= 15 is 0 Å². The molecule has 1 aromatic carbocycles. The Bertz CT molecular complexity index is 692. The number of benzene rings is 1. The Labute approximate surface area is 137 Å². The van der Waals surface area contributed by atoms with Gasteiger partial charge >= 0.3 is 0 Å². The minimum absolute atomic E-state index is 0.183. The molecule has 114 valence electrons. The summed E-state index contributed by atoms with van der Waals surface area (Å²) in [6, 6.07) is 7.14. The minimum atomic E-state index is -0.876. The molecule has 5 nitrogen and oxygen atoms in total. The van der Waals surface area contributed by atoms with E-state index in [-0.39, 0.29) is 6.42 Å². The van der Waals surface area contributed by atoms with Crippen LogP contribution in [0.3, 0.4) is 0 Å². The third-order valence-corrected chi connectivity index (χ3v) is 3.62. The number of nitrogens with one attached hydrogen (secondary N) is 1. The van der Waals surface area contributed by atoms with Gasteiger partial charge in [0.1, 0.15) is 6.04 Å². The van der Waals surface area contributed by atoms with Crippen LogP contribution in [0.15, 0.2) is 42.7 Å². The van der Waals surface area contributed by atoms with Crippen molar-refractivity contribution in [3.63, 3.8) is 0 Å². The Kier molecular flexibility index (Phi) is 5.35. The second-order valence-electron chi connectivity index (χ2n) is 4.60. The SMILES string of the molecule is NC(=O)[C@H](Cc1ccc(Cl)cc1Cl)NC(=O)c1ccncc1. The van der Waals surface area contributed by atoms with Gasteiger partial charge in [-0.15, -0.1) is 0 Å². The van der Waals surface area contributed by atoms with Gasteiger partial charge in [-0.1, -0.05) is 29.3 Å². The summed E-state index contributed by atoms with van der Waals surface area (Å²) in [5, 5.41) is 3.49. The van der Waals surface area contributed by atoms with Gasteiger partial charge < -0.3 is 11.1 Å². The van der Waals surface area contributed by atoms with E-state index in [1.807, 2.05) is 0 Å². The highest BCUT2D eigenvalue weighted by molar-refractivity contribution is 6.35. The Hall–Kier alpha value is -2.11. The Morgan fingerprint density at radius 1 is 1.18 bits per heavy atom. The zero-order valence-electron chi connectivity index (χ0n) is 11.4. The molecule has 0 bridgehead atoms. The molecule has 0 aliphatic rings. The van der Waals surface area contributed by atoms with Gasteiger partial charge in [0.15, 0.2) is 0 Å². The number of pyridine rings is 1. The number of carbonyl (C=O) groups is 2. The fraction of sp³-hybridized carbons (Fsp3) is 0.133. The van der Waals surface area contributed by atoms with E-state index < -0.39 is 17.9 Å². The standard InChI is InChI=1S/C15H13Cl2N3O2/c16-11-2-1-10(12(17)8-11)7-13(14(18)21)20-15(22)9-3-5-19-6-4-9/h1-6,8,13H,7H2,(H2,18,21)(H,20,22)/t13-/m0/s1. The second kappa shape index (κ2) is 7.24. The predicted molar refractivity (Wildman–Crippen MR) is 84.9 cm³/mol. The van der Waals surface area contributed by atoms with Gasteiger partial charge in [-0.3, -0.25) is 14.6 Å². The number of hydrogen-bond donors (Lipinski definition) is 2. The van der Waals surface area contributed by atoms with Crippen LogP contribution < -0.4 is 11.1 Å². The lowest BCUT2D eigenvalue weighted by Crippen LogP contribution is -2.45. The number of amides is 2. The maximum Gasteiger partial charge on any atom is 0.252 e. The lowest BCUT2D eigenvalue weighted by atomic mass is 10.0. The Morgan fingerprint density at radius 2 is 1.86 bits per heavy atom. The molecule has 0 aliphatic carbocycles. The molecule has 0 spiro atoms. The van der Waals surface area contributed by atoms with Gasteiger partial charge in [-0.25, -0.2) is 0 Å². The van der Waals surface area contributed by atoms with Crippen molar-refractivity contribution >= 4 is 35.0 Å². The number of carbonyl (C=O) groups excluding carboxylic acids is 2. The third-order valence-electron chi connectivity index (χ3n) is 3.03. The quantitative estimate of drug-likeness (QED) is 0.877. The molecule has 2 aromatic rings. The zero-order valence-corrected chi connectivity index (χ0v) is 12.9. The van der Waals surface area contributed by atoms with Gasteiger partial charge in [-0.05, 0) is 29.8 Å². The van der Waals surface area contributed by atoms with E-state index in [0.717, 1.165) is 0 Å². The average molecular weight is 338 g/mol. The number of rotatable bonds is 5. The first-order valence-corrected chi connectivity index (χ1v) is 7.17. The van der Waals surface area contributed by atoms with Crippen LogP contribution in [0.1, 0.15) is 15.9 Å². The summed E-state index contributed by atoms with van der Waals surface area (Å²) in [5.74, 6) is -1.05. The van der Waals surface area contributed by atoms with E-state index in [1.165, 1.54) is 12.4 Å². The summed E-state index contributed by atoms with van der Waals surface area (Å²) in [7, 11) is 0. The summed E-state index contributed by atoms with van der Waals surface area (Å²) in [5.41, 5.74) is 6.42. The predicted octanol–water partition coefficient (Wildman–Crippen LogP) is 2.21. The number of nitrogens with two attached hydrogens (primary N) is 1. The molecule has 22 heavy (non-hydrogen) atoms. The zero-order chi connectivity index (χ0) is 16.1. The molecular weight excluding hydrogens is 325 g/mol. The number of hydrogen-bond acceptors (Lipinski definition) is 3. The van der Waals surface area contributed by atoms with Crippen LogP contribution in [-0.4, -0.2) is 22.8 Å². The summed E-state index contributed by atoms with van der Waals surface area (Å²) < 4.78 is 0. The normalized spacial score (nSPS) is 11.7. The molecule has 1 aromatic heterocycles. The highest BCUT2D eigenvalue weighted by atomic mass is 35.5. The van der Waals surface area contributed by atoms with Gasteiger partial charge in [0.25, 0.3) is 5.91 Å². The van der Waals surface area contributed by atoms with E-state index in [4.69, 9.17) is 28.9 Å². The Morgan fingerprint density at radius 3 is 2.45 bits per heavy atom. The smallest absolute Gasteiger partial charge is 0.252 e. The topological polar surface area (TPSA) is 85.1 Å². The highest BCUT2D eigenvalue weighted by Gasteiger charge is 2.20. The van der Waals surface area contributed by atoms with Crippen LogP contribution in [0, 0.1) is 0 Å². The largest absolute Gasteiger partial charge is 0.368 e. The molecule has 0 unspecified atom stereocenters. The molecule has 0 radical (unpaired) electrons. The van der Waals surface area contributed by atoms with Crippen molar-refractivity contribution in [1.82, 2.24) is 10.3 Å². The molecular formula is C15H13Cl2N3O2. The van der Waals surface area contributed by atoms with Crippen LogP contribution in [-0.2, 0) is 11.2 Å². The van der Waals surface area contributed by atoms with E-state index in [9.17, 15) is 9.59 Å². The lowest BCUT2D eigenvalue weighted by molar-refractivity contribution is -0.119. The first-order valence-electron chi connectivity index (χ1n) is 6.41. The van der Waals surface area contributed by atoms with Crippen molar-refractivity contribution in [2.45, 2.75) is 12.5 Å². The highest BCUT2D eigenvalue weighted by Crippen LogP contribution is 2.22. The van der Waals surface area contributed by atoms with Gasteiger partial charge in [0, 0.05) is 34.4 Å². The molecule has 2 amide bonds. The van der Waals surface area contributed by atoms with Crippen LogP contribution in [0.5, 0.6) is 0 Å². The van der Waals surface area contributed by atoms with Crippen LogP contribution >= 0.6 is 23.2 Å². The maximum absolute atomic E-state index is 12.1. The molecule has 1 atom stereocenters. The van der Waals surface area contributed by atoms with Crippen LogP contribution in [0.4, 0.5) is 0 Å². The molecule has 1 heterocycles. The van der Waals surface area contributed by atoms with E-state index in [0.29, 0.717) is 21.2 Å². The maximum atomic E-state index is 12.1. The minimum Gasteiger partial charge on any atom is -0.368 e. The number of nitrogens with zero attached hydrogens (tertiary/aromatic N) is 1.